The number of alkyl halides is 3. The summed E-state index contributed by atoms with van der Waals surface area (Å²) in [5, 5.41) is 6.12. The van der Waals surface area contributed by atoms with Crippen molar-refractivity contribution >= 4 is 23.2 Å². The molecule has 1 aliphatic rings. The number of carbonyl (C=O) groups is 2. The van der Waals surface area contributed by atoms with E-state index in [1.54, 1.807) is 23.2 Å². The minimum absolute atomic E-state index is 0.106. The second kappa shape index (κ2) is 8.95. The zero-order chi connectivity index (χ0) is 25.4. The van der Waals surface area contributed by atoms with Crippen LogP contribution >= 0.6 is 0 Å². The smallest absolute Gasteiger partial charge is 0.356 e. The van der Waals surface area contributed by atoms with E-state index in [4.69, 9.17) is 4.52 Å². The average Bonchev–Trinajstić information content (AvgIpc) is 3.26. The van der Waals surface area contributed by atoms with Crippen LogP contribution in [0.3, 0.4) is 0 Å². The molecule has 0 bridgehead atoms. The van der Waals surface area contributed by atoms with E-state index in [1.165, 1.54) is 24.3 Å². The number of nitrogens with one attached hydrogen (secondary N) is 1. The third kappa shape index (κ3) is 4.21. The lowest BCUT2D eigenvalue weighted by molar-refractivity contribution is -0.138. The predicted molar refractivity (Wildman–Crippen MR) is 123 cm³/mol. The van der Waals surface area contributed by atoms with Crippen molar-refractivity contribution in [2.45, 2.75) is 12.6 Å². The number of amides is 2. The lowest BCUT2D eigenvalue weighted by atomic mass is 10.1. The molecule has 4 aromatic rings. The monoisotopic (exact) mass is 495 g/mol. The fourth-order valence-electron chi connectivity index (χ4n) is 4.16. The van der Waals surface area contributed by atoms with Crippen LogP contribution in [0.1, 0.15) is 31.8 Å². The van der Waals surface area contributed by atoms with E-state index in [1.807, 2.05) is 12.1 Å². The maximum absolute atomic E-state index is 14.1. The highest BCUT2D eigenvalue weighted by Crippen LogP contribution is 2.37. The van der Waals surface area contributed by atoms with E-state index in [0.29, 0.717) is 36.0 Å². The van der Waals surface area contributed by atoms with Crippen LogP contribution in [0, 0.1) is 5.82 Å². The molecule has 1 aromatic heterocycles. The summed E-state index contributed by atoms with van der Waals surface area (Å²) in [6, 6.07) is 15.2. The van der Waals surface area contributed by atoms with Crippen LogP contribution < -0.4 is 10.2 Å². The normalized spacial score (nSPS) is 12.9. The summed E-state index contributed by atoms with van der Waals surface area (Å²) in [5.41, 5.74) is 0.177. The van der Waals surface area contributed by atoms with Gasteiger partial charge in [-0.05, 0) is 55.0 Å². The molecule has 36 heavy (non-hydrogen) atoms. The molecular formula is C26H17F4N3O3. The first kappa shape index (κ1) is 23.3. The number of fused-ring (bicyclic) bond motifs is 3. The van der Waals surface area contributed by atoms with E-state index in [2.05, 4.69) is 10.5 Å². The maximum atomic E-state index is 14.1. The van der Waals surface area contributed by atoms with Gasteiger partial charge in [-0.2, -0.15) is 13.2 Å². The van der Waals surface area contributed by atoms with Crippen molar-refractivity contribution in [3.63, 3.8) is 0 Å². The van der Waals surface area contributed by atoms with Crippen molar-refractivity contribution in [3.8, 4) is 11.3 Å². The summed E-state index contributed by atoms with van der Waals surface area (Å²) in [5.74, 6) is -2.25. The third-order valence-corrected chi connectivity index (χ3v) is 5.87. The predicted octanol–water partition coefficient (Wildman–Crippen LogP) is 5.95. The number of hydrogen-bond acceptors (Lipinski definition) is 4. The van der Waals surface area contributed by atoms with E-state index in [-0.39, 0.29) is 11.6 Å². The van der Waals surface area contributed by atoms with Crippen molar-refractivity contribution in [2.75, 3.05) is 16.8 Å². The summed E-state index contributed by atoms with van der Waals surface area (Å²) in [6.07, 6.45) is -2.75. The largest absolute Gasteiger partial charge is 0.417 e. The molecule has 0 saturated heterocycles. The first-order valence-electron chi connectivity index (χ1n) is 10.9. The number of nitrogens with zero attached hydrogens (tertiary/aromatic N) is 2. The van der Waals surface area contributed by atoms with Crippen molar-refractivity contribution in [1.82, 2.24) is 5.16 Å². The first-order valence-corrected chi connectivity index (χ1v) is 10.9. The quantitative estimate of drug-likeness (QED) is 0.356. The molecule has 0 fully saturated rings. The van der Waals surface area contributed by atoms with E-state index < -0.39 is 29.0 Å². The Kier molecular flexibility index (Phi) is 5.79. The van der Waals surface area contributed by atoms with Gasteiger partial charge in [0.15, 0.2) is 5.76 Å². The second-order valence-electron chi connectivity index (χ2n) is 8.10. The first-order chi connectivity index (χ1) is 17.2. The van der Waals surface area contributed by atoms with Gasteiger partial charge >= 0.3 is 6.18 Å². The Morgan fingerprint density at radius 1 is 0.972 bits per heavy atom. The molecule has 3 aromatic carbocycles. The number of hydrogen-bond donors (Lipinski definition) is 1. The zero-order valence-corrected chi connectivity index (χ0v) is 18.5. The fourth-order valence-corrected chi connectivity index (χ4v) is 4.16. The molecule has 182 valence electrons. The van der Waals surface area contributed by atoms with Gasteiger partial charge < -0.3 is 14.7 Å². The topological polar surface area (TPSA) is 75.4 Å². The molecule has 6 nitrogen and oxygen atoms in total. The standard InChI is InChI=1S/C26H17F4N3O3/c27-20-6-3-5-19(26(28,29)30)22(20)24(34)32-17-10-8-15(9-11-17)25(35)33-13-12-16-14-31-36-23(16)18-4-1-2-7-21(18)33/h1-11,14H,12-13H2,(H,32,34). The lowest BCUT2D eigenvalue weighted by Gasteiger charge is -2.23. The van der Waals surface area contributed by atoms with Crippen LogP contribution in [0.5, 0.6) is 0 Å². The number of para-hydroxylation sites is 1. The van der Waals surface area contributed by atoms with Crippen LogP contribution in [0.2, 0.25) is 0 Å². The number of anilines is 2. The van der Waals surface area contributed by atoms with Crippen molar-refractivity contribution < 1.29 is 31.7 Å². The van der Waals surface area contributed by atoms with Gasteiger partial charge in [0.2, 0.25) is 0 Å². The number of halogens is 4. The average molecular weight is 495 g/mol. The minimum atomic E-state index is -4.90. The Labute approximate surface area is 202 Å². The third-order valence-electron chi connectivity index (χ3n) is 5.87. The van der Waals surface area contributed by atoms with Gasteiger partial charge in [0.05, 0.1) is 23.0 Å². The van der Waals surface area contributed by atoms with Crippen molar-refractivity contribution in [2.24, 2.45) is 0 Å². The Bertz CT molecular complexity index is 1460. The highest BCUT2D eigenvalue weighted by Gasteiger charge is 2.37. The van der Waals surface area contributed by atoms with Crippen LogP contribution in [0.25, 0.3) is 11.3 Å². The molecule has 0 aliphatic carbocycles. The molecule has 5 rings (SSSR count). The molecule has 0 atom stereocenters. The second-order valence-corrected chi connectivity index (χ2v) is 8.10. The van der Waals surface area contributed by atoms with Gasteiger partial charge in [-0.3, -0.25) is 9.59 Å². The summed E-state index contributed by atoms with van der Waals surface area (Å²) < 4.78 is 59.3. The van der Waals surface area contributed by atoms with Gasteiger partial charge in [0, 0.05) is 28.9 Å². The Hall–Kier alpha value is -4.47. The van der Waals surface area contributed by atoms with E-state index >= 15 is 0 Å². The van der Waals surface area contributed by atoms with Gasteiger partial charge in [-0.15, -0.1) is 0 Å². The molecule has 0 unspecified atom stereocenters. The minimum Gasteiger partial charge on any atom is -0.356 e. The van der Waals surface area contributed by atoms with Crippen LogP contribution in [0.15, 0.2) is 77.4 Å². The van der Waals surface area contributed by atoms with Gasteiger partial charge in [-0.1, -0.05) is 23.4 Å². The van der Waals surface area contributed by atoms with Gasteiger partial charge in [0.1, 0.15) is 5.82 Å². The van der Waals surface area contributed by atoms with Crippen LogP contribution in [0.4, 0.5) is 28.9 Å². The molecular weight excluding hydrogens is 478 g/mol. The van der Waals surface area contributed by atoms with Crippen LogP contribution in [-0.2, 0) is 12.6 Å². The molecule has 0 spiro atoms. The summed E-state index contributed by atoms with van der Waals surface area (Å²) in [6.45, 7) is 0.371. The molecule has 2 amide bonds. The summed E-state index contributed by atoms with van der Waals surface area (Å²) in [7, 11) is 0. The van der Waals surface area contributed by atoms with E-state index in [0.717, 1.165) is 23.3 Å². The molecule has 0 saturated carbocycles. The number of carbonyl (C=O) groups excluding carboxylic acids is 2. The summed E-state index contributed by atoms with van der Waals surface area (Å²) in [4.78, 5) is 27.5. The molecule has 10 heteroatoms. The Morgan fingerprint density at radius 2 is 1.72 bits per heavy atom. The van der Waals surface area contributed by atoms with Gasteiger partial charge in [-0.25, -0.2) is 4.39 Å². The maximum Gasteiger partial charge on any atom is 0.417 e. The molecule has 2 heterocycles. The zero-order valence-electron chi connectivity index (χ0n) is 18.5. The molecule has 1 aliphatic heterocycles. The van der Waals surface area contributed by atoms with Crippen molar-refractivity contribution in [1.29, 1.82) is 0 Å². The Balaban J connectivity index is 1.38. The summed E-state index contributed by atoms with van der Waals surface area (Å²) >= 11 is 0. The van der Waals surface area contributed by atoms with Gasteiger partial charge in [0.25, 0.3) is 11.8 Å². The van der Waals surface area contributed by atoms with E-state index in [9.17, 15) is 27.2 Å². The number of aromatic nitrogens is 1. The molecule has 0 radical (unpaired) electrons. The fraction of sp³-hybridized carbons (Fsp3) is 0.115. The highest BCUT2D eigenvalue weighted by molar-refractivity contribution is 6.09. The lowest BCUT2D eigenvalue weighted by Crippen LogP contribution is -2.32. The SMILES string of the molecule is O=C(Nc1ccc(C(=O)N2CCc3cnoc3-c3ccccc32)cc1)c1c(F)cccc1C(F)(F)F. The van der Waals surface area contributed by atoms with Crippen LogP contribution in [-0.4, -0.2) is 23.5 Å². The molecule has 1 N–H and O–H groups in total. The highest BCUT2D eigenvalue weighted by atomic mass is 19.4. The van der Waals surface area contributed by atoms with Crippen molar-refractivity contribution in [3.05, 3.63) is 101 Å². The Morgan fingerprint density at radius 3 is 2.47 bits per heavy atom. The number of rotatable bonds is 3. The number of benzene rings is 3.